The van der Waals surface area contributed by atoms with Crippen LogP contribution >= 0.6 is 0 Å². The second kappa shape index (κ2) is 5.64. The number of Topliss-reactive ketones (excluding diaryl/α,β-unsaturated/α-hetero) is 1. The number of hydrogen-bond donors (Lipinski definition) is 0. The van der Waals surface area contributed by atoms with Gasteiger partial charge in [0.15, 0.2) is 0 Å². The van der Waals surface area contributed by atoms with E-state index in [1.54, 1.807) is 0 Å². The van der Waals surface area contributed by atoms with E-state index in [4.69, 9.17) is 4.74 Å². The number of carbonyl (C=O) groups excluding carboxylic acids is 2. The van der Waals surface area contributed by atoms with Crippen molar-refractivity contribution in [2.75, 3.05) is 0 Å². The van der Waals surface area contributed by atoms with Gasteiger partial charge in [-0.05, 0) is 18.8 Å². The molecule has 3 heteroatoms. The number of rotatable bonds is 4. The molecule has 0 bridgehead atoms. The molecule has 0 aromatic rings. The summed E-state index contributed by atoms with van der Waals surface area (Å²) in [7, 11) is 0. The first-order chi connectivity index (χ1) is 7.52. The predicted octanol–water partition coefficient (Wildman–Crippen LogP) is 2.62. The zero-order valence-electron chi connectivity index (χ0n) is 9.70. The lowest BCUT2D eigenvalue weighted by molar-refractivity contribution is -0.135. The van der Waals surface area contributed by atoms with Crippen molar-refractivity contribution >= 4 is 11.8 Å². The van der Waals surface area contributed by atoms with E-state index in [1.807, 2.05) is 0 Å². The fourth-order valence-corrected chi connectivity index (χ4v) is 1.98. The third-order valence-electron chi connectivity index (χ3n) is 2.90. The SMILES string of the molecule is C=CC(=O)OC(=C)CC1CCC(C)CC1=O. The molecule has 1 aliphatic rings. The summed E-state index contributed by atoms with van der Waals surface area (Å²) < 4.78 is 4.87. The van der Waals surface area contributed by atoms with Gasteiger partial charge in [-0.3, -0.25) is 4.79 Å². The number of esters is 1. The molecule has 1 aliphatic carbocycles. The minimum Gasteiger partial charge on any atom is -0.429 e. The average molecular weight is 222 g/mol. The van der Waals surface area contributed by atoms with Gasteiger partial charge in [0.1, 0.15) is 11.5 Å². The van der Waals surface area contributed by atoms with Crippen molar-refractivity contribution in [3.05, 3.63) is 25.0 Å². The number of hydrogen-bond acceptors (Lipinski definition) is 3. The fourth-order valence-electron chi connectivity index (χ4n) is 1.98. The van der Waals surface area contributed by atoms with Gasteiger partial charge in [-0.1, -0.05) is 20.1 Å². The van der Waals surface area contributed by atoms with Crippen molar-refractivity contribution in [2.45, 2.75) is 32.6 Å². The predicted molar refractivity (Wildman–Crippen MR) is 61.6 cm³/mol. The van der Waals surface area contributed by atoms with Crippen molar-refractivity contribution in [2.24, 2.45) is 11.8 Å². The third kappa shape index (κ3) is 3.65. The highest BCUT2D eigenvalue weighted by Crippen LogP contribution is 2.29. The molecule has 1 fully saturated rings. The van der Waals surface area contributed by atoms with Gasteiger partial charge < -0.3 is 4.74 Å². The van der Waals surface area contributed by atoms with Crippen LogP contribution in [0.5, 0.6) is 0 Å². The van der Waals surface area contributed by atoms with Gasteiger partial charge in [-0.15, -0.1) is 0 Å². The summed E-state index contributed by atoms with van der Waals surface area (Å²) in [6, 6.07) is 0. The second-order valence-corrected chi connectivity index (χ2v) is 4.42. The highest BCUT2D eigenvalue weighted by Gasteiger charge is 2.27. The largest absolute Gasteiger partial charge is 0.429 e. The molecule has 2 atom stereocenters. The lowest BCUT2D eigenvalue weighted by Gasteiger charge is -2.25. The topological polar surface area (TPSA) is 43.4 Å². The van der Waals surface area contributed by atoms with Crippen molar-refractivity contribution in [1.29, 1.82) is 0 Å². The van der Waals surface area contributed by atoms with Crippen LogP contribution in [-0.4, -0.2) is 11.8 Å². The number of carbonyl (C=O) groups is 2. The molecule has 0 amide bonds. The zero-order valence-corrected chi connectivity index (χ0v) is 9.70. The van der Waals surface area contributed by atoms with Crippen LogP contribution in [0.3, 0.4) is 0 Å². The Morgan fingerprint density at radius 2 is 2.25 bits per heavy atom. The maximum Gasteiger partial charge on any atom is 0.335 e. The molecular formula is C13H18O3. The minimum absolute atomic E-state index is 0.0266. The van der Waals surface area contributed by atoms with E-state index >= 15 is 0 Å². The quantitative estimate of drug-likeness (QED) is 0.417. The Kier molecular flexibility index (Phi) is 4.47. The Bertz CT molecular complexity index is 317. The summed E-state index contributed by atoms with van der Waals surface area (Å²) in [5.74, 6) is 0.558. The van der Waals surface area contributed by atoms with Gasteiger partial charge in [0.05, 0.1) is 0 Å². The summed E-state index contributed by atoms with van der Waals surface area (Å²) >= 11 is 0. The molecule has 0 heterocycles. The maximum atomic E-state index is 11.7. The highest BCUT2D eigenvalue weighted by molar-refractivity contribution is 5.83. The monoisotopic (exact) mass is 222 g/mol. The lowest BCUT2D eigenvalue weighted by Crippen LogP contribution is -2.24. The summed E-state index contributed by atoms with van der Waals surface area (Å²) in [5, 5.41) is 0. The Labute approximate surface area is 96.2 Å². The van der Waals surface area contributed by atoms with Crippen LogP contribution in [0.15, 0.2) is 25.0 Å². The number of ketones is 1. The van der Waals surface area contributed by atoms with Gasteiger partial charge in [0.25, 0.3) is 0 Å². The average Bonchev–Trinajstić information content (AvgIpc) is 2.22. The van der Waals surface area contributed by atoms with Gasteiger partial charge in [0, 0.05) is 24.8 Å². The lowest BCUT2D eigenvalue weighted by atomic mass is 9.80. The molecule has 0 spiro atoms. The first-order valence-corrected chi connectivity index (χ1v) is 5.57. The molecular weight excluding hydrogens is 204 g/mol. The summed E-state index contributed by atoms with van der Waals surface area (Å²) in [6.45, 7) is 9.03. The molecule has 0 aromatic heterocycles. The van der Waals surface area contributed by atoms with Crippen LogP contribution in [0.2, 0.25) is 0 Å². The molecule has 16 heavy (non-hydrogen) atoms. The van der Waals surface area contributed by atoms with Crippen LogP contribution in [0.4, 0.5) is 0 Å². The van der Waals surface area contributed by atoms with E-state index in [2.05, 4.69) is 20.1 Å². The van der Waals surface area contributed by atoms with E-state index < -0.39 is 5.97 Å². The Balaban J connectivity index is 2.42. The molecule has 0 saturated heterocycles. The summed E-state index contributed by atoms with van der Waals surface area (Å²) in [5.41, 5.74) is 0. The number of ether oxygens (including phenoxy) is 1. The highest BCUT2D eigenvalue weighted by atomic mass is 16.5. The molecule has 0 aliphatic heterocycles. The fraction of sp³-hybridized carbons (Fsp3) is 0.538. The first-order valence-electron chi connectivity index (χ1n) is 5.57. The molecule has 1 saturated carbocycles. The Morgan fingerprint density at radius 3 is 2.81 bits per heavy atom. The van der Waals surface area contributed by atoms with Crippen LogP contribution in [0, 0.1) is 11.8 Å². The van der Waals surface area contributed by atoms with Crippen molar-refractivity contribution in [3.63, 3.8) is 0 Å². The molecule has 2 unspecified atom stereocenters. The Morgan fingerprint density at radius 1 is 1.56 bits per heavy atom. The van der Waals surface area contributed by atoms with Crippen molar-refractivity contribution < 1.29 is 14.3 Å². The summed E-state index contributed by atoms with van der Waals surface area (Å²) in [6.07, 6.45) is 4.10. The van der Waals surface area contributed by atoms with E-state index in [1.165, 1.54) is 0 Å². The van der Waals surface area contributed by atoms with Crippen LogP contribution in [0.25, 0.3) is 0 Å². The van der Waals surface area contributed by atoms with E-state index in [-0.39, 0.29) is 11.7 Å². The standard InChI is InChI=1S/C13H18O3/c1-4-13(15)16-10(3)8-11-6-5-9(2)7-12(11)14/h4,9,11H,1,3,5-8H2,2H3. The zero-order chi connectivity index (χ0) is 12.1. The third-order valence-corrected chi connectivity index (χ3v) is 2.90. The van der Waals surface area contributed by atoms with E-state index in [0.29, 0.717) is 24.5 Å². The van der Waals surface area contributed by atoms with E-state index in [9.17, 15) is 9.59 Å². The molecule has 0 aromatic carbocycles. The molecule has 88 valence electrons. The minimum atomic E-state index is -0.512. The molecule has 3 nitrogen and oxygen atoms in total. The van der Waals surface area contributed by atoms with Crippen molar-refractivity contribution in [3.8, 4) is 0 Å². The smallest absolute Gasteiger partial charge is 0.335 e. The van der Waals surface area contributed by atoms with Crippen LogP contribution < -0.4 is 0 Å². The van der Waals surface area contributed by atoms with E-state index in [0.717, 1.165) is 18.9 Å². The number of allylic oxidation sites excluding steroid dienone is 1. The van der Waals surface area contributed by atoms with Gasteiger partial charge >= 0.3 is 5.97 Å². The van der Waals surface area contributed by atoms with Crippen molar-refractivity contribution in [1.82, 2.24) is 0 Å². The normalized spacial score (nSPS) is 24.9. The first kappa shape index (κ1) is 12.7. The molecule has 0 N–H and O–H groups in total. The van der Waals surface area contributed by atoms with Gasteiger partial charge in [-0.2, -0.15) is 0 Å². The maximum absolute atomic E-state index is 11.7. The van der Waals surface area contributed by atoms with Crippen LogP contribution in [0.1, 0.15) is 32.6 Å². The van der Waals surface area contributed by atoms with Gasteiger partial charge in [-0.25, -0.2) is 4.79 Å². The van der Waals surface area contributed by atoms with Crippen LogP contribution in [-0.2, 0) is 14.3 Å². The Hall–Kier alpha value is -1.38. The molecule has 0 radical (unpaired) electrons. The second-order valence-electron chi connectivity index (χ2n) is 4.42. The van der Waals surface area contributed by atoms with Gasteiger partial charge in [0.2, 0.25) is 0 Å². The molecule has 1 rings (SSSR count). The summed E-state index contributed by atoms with van der Waals surface area (Å²) in [4.78, 5) is 22.6.